The SMILES string of the molecule is CC[C@@]1(O)C(=O)OCc2c1cc1n(c2=O)Cc2c-1nc1ccc(OC(=O)NCCCCCCC(=O)NO)c3c1c2[C@H](N)CC3. The number of hydrogen-bond acceptors (Lipinski definition) is 10. The summed E-state index contributed by atoms with van der Waals surface area (Å²) in [6.07, 6.45) is 3.90. The van der Waals surface area contributed by atoms with Gasteiger partial charge in [-0.15, -0.1) is 0 Å². The van der Waals surface area contributed by atoms with E-state index >= 15 is 0 Å². The first-order chi connectivity index (χ1) is 21.2. The van der Waals surface area contributed by atoms with Gasteiger partial charge in [0.05, 0.1) is 29.0 Å². The topological polar surface area (TPSA) is 195 Å². The van der Waals surface area contributed by atoms with E-state index in [1.165, 1.54) is 0 Å². The number of rotatable bonds is 9. The molecule has 0 fully saturated rings. The van der Waals surface area contributed by atoms with Crippen LogP contribution >= 0.6 is 0 Å². The molecule has 0 saturated heterocycles. The van der Waals surface area contributed by atoms with E-state index in [0.29, 0.717) is 48.5 Å². The highest BCUT2D eigenvalue weighted by atomic mass is 16.6. The number of aliphatic hydroxyl groups is 1. The van der Waals surface area contributed by atoms with Crippen LogP contribution in [0.4, 0.5) is 4.79 Å². The number of cyclic esters (lactones) is 1. The van der Waals surface area contributed by atoms with Gasteiger partial charge in [-0.1, -0.05) is 19.8 Å². The normalized spacial score (nSPS) is 19.5. The summed E-state index contributed by atoms with van der Waals surface area (Å²) in [5.74, 6) is -0.763. The van der Waals surface area contributed by atoms with Gasteiger partial charge in [-0.05, 0) is 55.9 Å². The first-order valence-electron chi connectivity index (χ1n) is 15.0. The van der Waals surface area contributed by atoms with Gasteiger partial charge in [0.25, 0.3) is 5.56 Å². The lowest BCUT2D eigenvalue weighted by Gasteiger charge is -2.31. The third-order valence-electron chi connectivity index (χ3n) is 8.97. The van der Waals surface area contributed by atoms with E-state index < -0.39 is 23.6 Å². The highest BCUT2D eigenvalue weighted by Crippen LogP contribution is 2.46. The third kappa shape index (κ3) is 4.90. The summed E-state index contributed by atoms with van der Waals surface area (Å²) in [6, 6.07) is 4.84. The van der Waals surface area contributed by atoms with E-state index in [1.807, 2.05) is 0 Å². The lowest BCUT2D eigenvalue weighted by molar-refractivity contribution is -0.172. The number of nitrogens with one attached hydrogen (secondary N) is 2. The van der Waals surface area contributed by atoms with Gasteiger partial charge in [0.15, 0.2) is 5.60 Å². The number of hydroxylamine groups is 1. The van der Waals surface area contributed by atoms with Crippen LogP contribution in [0.5, 0.6) is 5.75 Å². The fourth-order valence-electron chi connectivity index (χ4n) is 6.60. The fourth-order valence-corrected chi connectivity index (χ4v) is 6.60. The number of unbranched alkanes of at least 4 members (excludes halogenated alkanes) is 3. The van der Waals surface area contributed by atoms with Crippen molar-refractivity contribution in [3.8, 4) is 17.1 Å². The molecule has 3 aliphatic rings. The van der Waals surface area contributed by atoms with Crippen molar-refractivity contribution in [3.63, 3.8) is 0 Å². The quantitative estimate of drug-likeness (QED) is 0.0819. The van der Waals surface area contributed by atoms with Gasteiger partial charge in [-0.3, -0.25) is 14.8 Å². The van der Waals surface area contributed by atoms with E-state index in [1.54, 1.807) is 35.2 Å². The first-order valence-corrected chi connectivity index (χ1v) is 15.0. The lowest BCUT2D eigenvalue weighted by Crippen LogP contribution is -2.44. The molecular formula is C31H35N5O8. The van der Waals surface area contributed by atoms with Crippen LogP contribution in [-0.2, 0) is 39.5 Å². The Bertz CT molecular complexity index is 1750. The molecule has 4 heterocycles. The van der Waals surface area contributed by atoms with Gasteiger partial charge in [-0.2, -0.15) is 0 Å². The summed E-state index contributed by atoms with van der Waals surface area (Å²) in [5, 5.41) is 23.3. The number of nitrogens with zero attached hydrogens (tertiary/aromatic N) is 2. The smallest absolute Gasteiger partial charge is 0.412 e. The monoisotopic (exact) mass is 605 g/mol. The van der Waals surface area contributed by atoms with Crippen LogP contribution in [0.15, 0.2) is 23.0 Å². The second-order valence-corrected chi connectivity index (χ2v) is 11.6. The van der Waals surface area contributed by atoms with E-state index in [9.17, 15) is 24.3 Å². The molecule has 0 unspecified atom stereocenters. The molecule has 2 aliphatic heterocycles. The van der Waals surface area contributed by atoms with Crippen molar-refractivity contribution >= 4 is 28.9 Å². The van der Waals surface area contributed by atoms with Crippen LogP contribution in [0.25, 0.3) is 22.3 Å². The number of carbonyl (C=O) groups is 3. The summed E-state index contributed by atoms with van der Waals surface area (Å²) in [4.78, 5) is 54.8. The summed E-state index contributed by atoms with van der Waals surface area (Å²) in [7, 11) is 0. The molecular weight excluding hydrogens is 570 g/mol. The van der Waals surface area contributed by atoms with Gasteiger partial charge >= 0.3 is 12.1 Å². The van der Waals surface area contributed by atoms with Crippen molar-refractivity contribution in [2.75, 3.05) is 6.54 Å². The van der Waals surface area contributed by atoms with Crippen LogP contribution in [0.2, 0.25) is 0 Å². The maximum Gasteiger partial charge on any atom is 0.412 e. The zero-order valence-electron chi connectivity index (χ0n) is 24.4. The van der Waals surface area contributed by atoms with Gasteiger partial charge in [0.1, 0.15) is 12.4 Å². The molecule has 6 N–H and O–H groups in total. The second-order valence-electron chi connectivity index (χ2n) is 11.6. The average molecular weight is 606 g/mol. The van der Waals surface area contributed by atoms with Crippen molar-refractivity contribution < 1.29 is 34.2 Å². The Hall–Kier alpha value is -4.33. The second kappa shape index (κ2) is 11.6. The predicted octanol–water partition coefficient (Wildman–Crippen LogP) is 2.57. The molecule has 6 rings (SSSR count). The van der Waals surface area contributed by atoms with E-state index in [2.05, 4.69) is 5.32 Å². The Morgan fingerprint density at radius 2 is 1.98 bits per heavy atom. The number of aryl methyl sites for hydroxylation is 1. The molecule has 13 nitrogen and oxygen atoms in total. The van der Waals surface area contributed by atoms with Crippen LogP contribution in [0.1, 0.15) is 85.7 Å². The van der Waals surface area contributed by atoms with Gasteiger partial charge in [-0.25, -0.2) is 20.1 Å². The molecule has 232 valence electrons. The van der Waals surface area contributed by atoms with Crippen molar-refractivity contribution in [2.24, 2.45) is 5.73 Å². The molecule has 2 atom stereocenters. The Morgan fingerprint density at radius 1 is 1.18 bits per heavy atom. The van der Waals surface area contributed by atoms with Gasteiger partial charge in [0.2, 0.25) is 5.91 Å². The minimum atomic E-state index is -1.91. The summed E-state index contributed by atoms with van der Waals surface area (Å²) < 4.78 is 12.5. The van der Waals surface area contributed by atoms with Crippen LogP contribution in [0.3, 0.4) is 0 Å². The average Bonchev–Trinajstić information content (AvgIpc) is 3.39. The number of pyridine rings is 2. The number of benzene rings is 1. The maximum atomic E-state index is 13.6. The molecule has 13 heteroatoms. The fraction of sp³-hybridized carbons (Fsp3) is 0.452. The molecule has 2 amide bonds. The lowest BCUT2D eigenvalue weighted by atomic mass is 9.83. The number of amides is 2. The largest absolute Gasteiger partial charge is 0.458 e. The number of hydrogen-bond donors (Lipinski definition) is 5. The molecule has 0 bridgehead atoms. The number of fused-ring (bicyclic) bond motifs is 5. The van der Waals surface area contributed by atoms with Crippen LogP contribution < -0.4 is 26.8 Å². The van der Waals surface area contributed by atoms with E-state index in [4.69, 9.17) is 25.4 Å². The molecule has 1 aliphatic carbocycles. The Balaban J connectivity index is 1.27. The molecule has 0 spiro atoms. The van der Waals surface area contributed by atoms with E-state index in [0.717, 1.165) is 41.3 Å². The molecule has 2 aromatic heterocycles. The molecule has 1 aromatic carbocycles. The molecule has 44 heavy (non-hydrogen) atoms. The summed E-state index contributed by atoms with van der Waals surface area (Å²) in [5.41, 5.74) is 10.8. The van der Waals surface area contributed by atoms with Crippen molar-refractivity contribution in [2.45, 2.75) is 83.1 Å². The van der Waals surface area contributed by atoms with Crippen molar-refractivity contribution in [3.05, 3.63) is 56.4 Å². The zero-order valence-corrected chi connectivity index (χ0v) is 24.4. The number of nitrogens with two attached hydrogens (primary N) is 1. The zero-order chi connectivity index (χ0) is 31.2. The summed E-state index contributed by atoms with van der Waals surface area (Å²) in [6.45, 7) is 2.11. The van der Waals surface area contributed by atoms with Crippen LogP contribution in [0, 0.1) is 0 Å². The molecule has 3 aromatic rings. The Morgan fingerprint density at radius 3 is 2.75 bits per heavy atom. The Labute approximate surface area is 252 Å². The predicted molar refractivity (Wildman–Crippen MR) is 157 cm³/mol. The Kier molecular flexibility index (Phi) is 7.86. The van der Waals surface area contributed by atoms with Crippen molar-refractivity contribution in [1.82, 2.24) is 20.3 Å². The van der Waals surface area contributed by atoms with E-state index in [-0.39, 0.29) is 48.7 Å². The van der Waals surface area contributed by atoms with Gasteiger partial charge < -0.3 is 30.2 Å². The van der Waals surface area contributed by atoms with Crippen molar-refractivity contribution in [1.29, 1.82) is 0 Å². The standard InChI is InChI=1S/C31H35N5O8/c1-2-31(41)19-13-22-27-17(14-36(22)28(38)18(19)15-43-29(31)39)25-20(32)9-8-16-23(11-10-21(34-27)26(16)25)44-30(40)33-12-6-4-3-5-7-24(37)35-42/h10-11,13,20,41-42H,2-9,12,14-15,32H2,1H3,(H,33,40)(H,35,37)/t20-,31+/m1/s1. The summed E-state index contributed by atoms with van der Waals surface area (Å²) >= 11 is 0. The highest BCUT2D eigenvalue weighted by molar-refractivity contribution is 5.94. The number of esters is 1. The molecule has 0 radical (unpaired) electrons. The minimum absolute atomic E-state index is 0.0566. The number of ether oxygens (including phenoxy) is 2. The third-order valence-corrected chi connectivity index (χ3v) is 8.97. The first kappa shape index (κ1) is 29.7. The van der Waals surface area contributed by atoms with Crippen LogP contribution in [-0.4, -0.2) is 44.4 Å². The number of carbonyl (C=O) groups excluding carboxylic acids is 3. The number of aromatic nitrogens is 2. The minimum Gasteiger partial charge on any atom is -0.458 e. The highest BCUT2D eigenvalue weighted by Gasteiger charge is 2.45. The maximum absolute atomic E-state index is 13.6. The molecule has 0 saturated carbocycles. The van der Waals surface area contributed by atoms with Gasteiger partial charge in [0, 0.05) is 41.1 Å².